The van der Waals surface area contributed by atoms with E-state index in [0.29, 0.717) is 11.6 Å². The van der Waals surface area contributed by atoms with Gasteiger partial charge in [0.25, 0.3) is 0 Å². The summed E-state index contributed by atoms with van der Waals surface area (Å²) in [6, 6.07) is 16.7. The van der Waals surface area contributed by atoms with E-state index in [-0.39, 0.29) is 18.0 Å². The highest BCUT2D eigenvalue weighted by Crippen LogP contribution is 2.48. The molecule has 2 aliphatic heterocycles. The van der Waals surface area contributed by atoms with E-state index < -0.39 is 0 Å². The van der Waals surface area contributed by atoms with Crippen LogP contribution in [0.4, 0.5) is 0 Å². The van der Waals surface area contributed by atoms with Gasteiger partial charge in [0.1, 0.15) is 5.58 Å². The van der Waals surface area contributed by atoms with Gasteiger partial charge in [0, 0.05) is 33.5 Å². The van der Waals surface area contributed by atoms with Crippen LogP contribution in [0.1, 0.15) is 53.8 Å². The number of allylic oxidation sites excluding steroid dienone is 2. The minimum atomic E-state index is -0.130. The van der Waals surface area contributed by atoms with Crippen molar-refractivity contribution in [2.24, 2.45) is 15.9 Å². The van der Waals surface area contributed by atoms with Crippen molar-refractivity contribution < 1.29 is 4.42 Å². The maximum absolute atomic E-state index is 6.44. The maximum Gasteiger partial charge on any atom is 0.227 e. The Bertz CT molecular complexity index is 1620. The number of rotatable bonds is 6. The largest absolute Gasteiger partial charge is 0.437 e. The minimum absolute atomic E-state index is 0.0104. The Hall–Kier alpha value is -4.05. The third-order valence-electron chi connectivity index (χ3n) is 7.29. The monoisotopic (exact) mass is 471 g/mol. The molecular formula is C32H29N3O. The fourth-order valence-electron chi connectivity index (χ4n) is 5.76. The minimum Gasteiger partial charge on any atom is -0.437 e. The molecule has 4 heterocycles. The quantitative estimate of drug-likeness (QED) is 0.273. The molecule has 0 N–H and O–H groups in total. The number of hydrogen-bond acceptors (Lipinski definition) is 4. The lowest BCUT2D eigenvalue weighted by Crippen LogP contribution is -2.27. The third-order valence-corrected chi connectivity index (χ3v) is 7.29. The van der Waals surface area contributed by atoms with E-state index in [2.05, 4.69) is 76.0 Å². The van der Waals surface area contributed by atoms with E-state index >= 15 is 0 Å². The number of nitrogens with zero attached hydrogens (tertiary/aromatic N) is 3. The van der Waals surface area contributed by atoms with Gasteiger partial charge < -0.3 is 4.42 Å². The molecular weight excluding hydrogens is 442 g/mol. The Morgan fingerprint density at radius 2 is 1.67 bits per heavy atom. The van der Waals surface area contributed by atoms with Gasteiger partial charge in [-0.15, -0.1) is 6.58 Å². The molecule has 4 nitrogen and oxygen atoms in total. The second kappa shape index (κ2) is 8.56. The van der Waals surface area contributed by atoms with Gasteiger partial charge in [-0.1, -0.05) is 69.5 Å². The lowest BCUT2D eigenvalue weighted by Gasteiger charge is -2.33. The second-order valence-electron chi connectivity index (χ2n) is 9.98. The summed E-state index contributed by atoms with van der Waals surface area (Å²) in [5, 5.41) is 2.08. The molecule has 0 amide bonds. The normalized spacial score (nSPS) is 20.7. The molecule has 0 saturated carbocycles. The first kappa shape index (κ1) is 22.4. The van der Waals surface area contributed by atoms with E-state index in [9.17, 15) is 0 Å². The summed E-state index contributed by atoms with van der Waals surface area (Å²) < 4.78 is 6.44. The number of benzene rings is 2. The molecule has 0 spiro atoms. The zero-order chi connectivity index (χ0) is 25.0. The van der Waals surface area contributed by atoms with E-state index in [1.807, 2.05) is 24.3 Å². The van der Waals surface area contributed by atoms with Crippen LogP contribution in [0.15, 0.2) is 101 Å². The van der Waals surface area contributed by atoms with Gasteiger partial charge in [0.15, 0.2) is 0 Å². The van der Waals surface area contributed by atoms with E-state index in [1.54, 1.807) is 0 Å². The topological polar surface area (TPSA) is 50.8 Å². The average molecular weight is 472 g/mol. The van der Waals surface area contributed by atoms with Gasteiger partial charge >= 0.3 is 0 Å². The highest BCUT2D eigenvalue weighted by atomic mass is 16.3. The van der Waals surface area contributed by atoms with Crippen LogP contribution in [0.3, 0.4) is 0 Å². The molecule has 4 heteroatoms. The molecule has 6 rings (SSSR count). The van der Waals surface area contributed by atoms with Crippen molar-refractivity contribution in [1.29, 1.82) is 0 Å². The number of aromatic nitrogens is 1. The highest BCUT2D eigenvalue weighted by molar-refractivity contribution is 6.21. The van der Waals surface area contributed by atoms with Crippen molar-refractivity contribution in [1.82, 2.24) is 4.98 Å². The van der Waals surface area contributed by atoms with Crippen LogP contribution < -0.4 is 0 Å². The van der Waals surface area contributed by atoms with Crippen LogP contribution in [0.2, 0.25) is 0 Å². The number of furan rings is 1. The van der Waals surface area contributed by atoms with E-state index in [4.69, 9.17) is 19.4 Å². The summed E-state index contributed by atoms with van der Waals surface area (Å²) in [5.41, 5.74) is 8.75. The van der Waals surface area contributed by atoms with Crippen LogP contribution in [-0.4, -0.2) is 22.4 Å². The summed E-state index contributed by atoms with van der Waals surface area (Å²) in [6.45, 7) is 16.6. The molecule has 2 aliphatic rings. The number of aliphatic imine (C=N–C) groups is 2. The number of fused-ring (bicyclic) bond motifs is 6. The molecule has 178 valence electrons. The standard InChI is InChI=1S/C32H29N3O/c1-6-25-20-11-9-10-12-21(20)28(26(7-2)34-25)30-24-16-15-22-23-14-13-19(17-18(4)5)33-32(23)36-31(22)29(24)27(8-3)35-30/h6-16,18,26,28,30H,1-3,17H2,4-5H3. The molecule has 2 aromatic carbocycles. The highest BCUT2D eigenvalue weighted by Gasteiger charge is 2.40. The average Bonchev–Trinajstić information content (AvgIpc) is 3.44. The molecule has 36 heavy (non-hydrogen) atoms. The van der Waals surface area contributed by atoms with Gasteiger partial charge in [-0.25, -0.2) is 4.98 Å². The van der Waals surface area contributed by atoms with Crippen LogP contribution in [0.5, 0.6) is 0 Å². The van der Waals surface area contributed by atoms with E-state index in [0.717, 1.165) is 56.6 Å². The zero-order valence-electron chi connectivity index (χ0n) is 20.7. The Labute approximate surface area is 211 Å². The van der Waals surface area contributed by atoms with Crippen molar-refractivity contribution in [2.75, 3.05) is 0 Å². The van der Waals surface area contributed by atoms with Crippen molar-refractivity contribution in [2.45, 2.75) is 38.3 Å². The molecule has 0 bridgehead atoms. The number of hydrogen-bond donors (Lipinski definition) is 0. The molecule has 0 aliphatic carbocycles. The maximum atomic E-state index is 6.44. The lowest BCUT2D eigenvalue weighted by atomic mass is 9.77. The van der Waals surface area contributed by atoms with Crippen LogP contribution >= 0.6 is 0 Å². The first-order valence-electron chi connectivity index (χ1n) is 12.5. The Kier molecular flexibility index (Phi) is 5.33. The third kappa shape index (κ3) is 3.32. The SMILES string of the molecule is C=CC1=NC(C=C)C(C2N=C(C=C)c3c2ccc2c3oc3nc(CC(C)C)ccc32)c2ccccc21. The van der Waals surface area contributed by atoms with Crippen molar-refractivity contribution >= 4 is 33.5 Å². The molecule has 4 aromatic rings. The van der Waals surface area contributed by atoms with Crippen LogP contribution in [0, 0.1) is 5.92 Å². The summed E-state index contributed by atoms with van der Waals surface area (Å²) in [7, 11) is 0. The summed E-state index contributed by atoms with van der Waals surface area (Å²) in [4.78, 5) is 15.0. The summed E-state index contributed by atoms with van der Waals surface area (Å²) in [6.07, 6.45) is 6.50. The van der Waals surface area contributed by atoms with E-state index in [1.165, 1.54) is 5.56 Å². The van der Waals surface area contributed by atoms with Crippen molar-refractivity contribution in [3.63, 3.8) is 0 Å². The lowest BCUT2D eigenvalue weighted by molar-refractivity contribution is 0.511. The fourth-order valence-corrected chi connectivity index (χ4v) is 5.76. The van der Waals surface area contributed by atoms with Gasteiger partial charge in [-0.05, 0) is 47.8 Å². The smallest absolute Gasteiger partial charge is 0.227 e. The van der Waals surface area contributed by atoms with Gasteiger partial charge in [-0.2, -0.15) is 0 Å². The van der Waals surface area contributed by atoms with Gasteiger partial charge in [0.05, 0.1) is 23.5 Å². The Morgan fingerprint density at radius 3 is 2.42 bits per heavy atom. The second-order valence-corrected chi connectivity index (χ2v) is 9.98. The predicted octanol–water partition coefficient (Wildman–Crippen LogP) is 7.54. The summed E-state index contributed by atoms with van der Waals surface area (Å²) in [5.74, 6) is 0.542. The van der Waals surface area contributed by atoms with Crippen LogP contribution in [0.25, 0.3) is 22.1 Å². The molecule has 0 fully saturated rings. The molecule has 2 aromatic heterocycles. The predicted molar refractivity (Wildman–Crippen MR) is 149 cm³/mol. The Balaban J connectivity index is 1.54. The van der Waals surface area contributed by atoms with Crippen molar-refractivity contribution in [3.05, 3.63) is 114 Å². The van der Waals surface area contributed by atoms with Crippen LogP contribution in [-0.2, 0) is 6.42 Å². The van der Waals surface area contributed by atoms with Gasteiger partial charge in [-0.3, -0.25) is 9.98 Å². The van der Waals surface area contributed by atoms with Gasteiger partial charge in [0.2, 0.25) is 5.71 Å². The first-order valence-corrected chi connectivity index (χ1v) is 12.5. The van der Waals surface area contributed by atoms with Crippen molar-refractivity contribution in [3.8, 4) is 0 Å². The summed E-state index contributed by atoms with van der Waals surface area (Å²) >= 11 is 0. The molecule has 0 radical (unpaired) electrons. The molecule has 3 atom stereocenters. The number of pyridine rings is 1. The zero-order valence-corrected chi connectivity index (χ0v) is 20.7. The molecule has 0 saturated heterocycles. The first-order chi connectivity index (χ1) is 17.5. The fraction of sp³-hybridized carbons (Fsp3) is 0.219. The molecule has 3 unspecified atom stereocenters. The Morgan fingerprint density at radius 1 is 0.889 bits per heavy atom.